The molecule has 26 heavy (non-hydrogen) atoms. The van der Waals surface area contributed by atoms with E-state index in [0.29, 0.717) is 37.8 Å². The topological polar surface area (TPSA) is 91.8 Å². The van der Waals surface area contributed by atoms with E-state index in [1.807, 2.05) is 19.1 Å². The summed E-state index contributed by atoms with van der Waals surface area (Å²) in [6.45, 7) is 6.59. The number of ether oxygens (including phenoxy) is 1. The van der Waals surface area contributed by atoms with Crippen LogP contribution < -0.4 is 16.0 Å². The van der Waals surface area contributed by atoms with Crippen molar-refractivity contribution in [3.05, 3.63) is 35.4 Å². The van der Waals surface area contributed by atoms with Crippen molar-refractivity contribution < 1.29 is 14.3 Å². The number of esters is 1. The minimum absolute atomic E-state index is 0.149. The van der Waals surface area contributed by atoms with Gasteiger partial charge < -0.3 is 20.7 Å². The molecule has 3 N–H and O–H groups in total. The molecule has 0 heterocycles. The number of aliphatic imine (C=N–C) groups is 1. The quantitative estimate of drug-likeness (QED) is 0.268. The molecule has 1 aliphatic carbocycles. The van der Waals surface area contributed by atoms with Gasteiger partial charge in [0, 0.05) is 25.6 Å². The van der Waals surface area contributed by atoms with E-state index in [4.69, 9.17) is 4.74 Å². The van der Waals surface area contributed by atoms with Crippen LogP contribution in [0.5, 0.6) is 0 Å². The SMILES string of the molecule is CCNC(=NCc1ccc(C(=O)OCC)cc1)NCCNC(=O)C1CC1. The van der Waals surface area contributed by atoms with Gasteiger partial charge in [0.2, 0.25) is 5.91 Å². The molecule has 7 nitrogen and oxygen atoms in total. The van der Waals surface area contributed by atoms with Gasteiger partial charge in [0.15, 0.2) is 5.96 Å². The number of carbonyl (C=O) groups excluding carboxylic acids is 2. The molecule has 1 aliphatic rings. The molecule has 0 spiro atoms. The van der Waals surface area contributed by atoms with Crippen molar-refractivity contribution in [3.8, 4) is 0 Å². The van der Waals surface area contributed by atoms with Crippen molar-refractivity contribution in [2.75, 3.05) is 26.2 Å². The van der Waals surface area contributed by atoms with Gasteiger partial charge in [-0.1, -0.05) is 12.1 Å². The maximum absolute atomic E-state index is 11.6. The number of rotatable bonds is 9. The van der Waals surface area contributed by atoms with Crippen LogP contribution in [0.3, 0.4) is 0 Å². The average Bonchev–Trinajstić information content (AvgIpc) is 3.49. The first-order valence-electron chi connectivity index (χ1n) is 9.20. The lowest BCUT2D eigenvalue weighted by atomic mass is 10.1. The van der Waals surface area contributed by atoms with Gasteiger partial charge in [0.25, 0.3) is 0 Å². The minimum atomic E-state index is -0.314. The molecule has 142 valence electrons. The van der Waals surface area contributed by atoms with Crippen LogP contribution in [0, 0.1) is 5.92 Å². The van der Waals surface area contributed by atoms with Crippen LogP contribution in [0.1, 0.15) is 42.6 Å². The third-order valence-corrected chi connectivity index (χ3v) is 3.89. The fourth-order valence-electron chi connectivity index (χ4n) is 2.33. The standard InChI is InChI=1S/C19H28N4O3/c1-3-20-19(22-12-11-21-17(24)15-9-10-15)23-13-14-5-7-16(8-6-14)18(25)26-4-2/h5-8,15H,3-4,9-13H2,1-2H3,(H,21,24)(H2,20,22,23). The van der Waals surface area contributed by atoms with Crippen LogP contribution in [-0.4, -0.2) is 44.1 Å². The Morgan fingerprint density at radius 2 is 1.77 bits per heavy atom. The molecule has 0 unspecified atom stereocenters. The van der Waals surface area contributed by atoms with E-state index >= 15 is 0 Å². The Bertz CT molecular complexity index is 624. The van der Waals surface area contributed by atoms with Crippen molar-refractivity contribution >= 4 is 17.8 Å². The largest absolute Gasteiger partial charge is 0.462 e. The molecule has 0 aromatic heterocycles. The summed E-state index contributed by atoms with van der Waals surface area (Å²) in [5, 5.41) is 9.29. The number of benzene rings is 1. The third kappa shape index (κ3) is 6.74. The highest BCUT2D eigenvalue weighted by Crippen LogP contribution is 2.28. The van der Waals surface area contributed by atoms with Gasteiger partial charge in [-0.15, -0.1) is 0 Å². The van der Waals surface area contributed by atoms with Crippen molar-refractivity contribution in [2.45, 2.75) is 33.2 Å². The van der Waals surface area contributed by atoms with Gasteiger partial charge in [-0.2, -0.15) is 0 Å². The van der Waals surface area contributed by atoms with Gasteiger partial charge in [-0.3, -0.25) is 4.79 Å². The molecule has 0 bridgehead atoms. The van der Waals surface area contributed by atoms with Crippen LogP contribution in [0.2, 0.25) is 0 Å². The molecule has 1 fully saturated rings. The lowest BCUT2D eigenvalue weighted by Gasteiger charge is -2.12. The predicted molar refractivity (Wildman–Crippen MR) is 101 cm³/mol. The molecule has 7 heteroatoms. The first kappa shape index (κ1) is 19.8. The molecule has 1 amide bonds. The fourth-order valence-corrected chi connectivity index (χ4v) is 2.33. The number of nitrogens with one attached hydrogen (secondary N) is 3. The van der Waals surface area contributed by atoms with Crippen LogP contribution >= 0.6 is 0 Å². The number of nitrogens with zero attached hydrogens (tertiary/aromatic N) is 1. The Labute approximate surface area is 154 Å². The maximum atomic E-state index is 11.6. The highest BCUT2D eigenvalue weighted by atomic mass is 16.5. The van der Waals surface area contributed by atoms with E-state index in [1.54, 1.807) is 19.1 Å². The molecule has 1 saturated carbocycles. The monoisotopic (exact) mass is 360 g/mol. The molecule has 2 rings (SSSR count). The van der Waals surface area contributed by atoms with Crippen LogP contribution in [0.15, 0.2) is 29.3 Å². The van der Waals surface area contributed by atoms with E-state index < -0.39 is 0 Å². The van der Waals surface area contributed by atoms with E-state index in [9.17, 15) is 9.59 Å². The number of guanidine groups is 1. The van der Waals surface area contributed by atoms with Crippen molar-refractivity contribution in [2.24, 2.45) is 10.9 Å². The maximum Gasteiger partial charge on any atom is 0.338 e. The van der Waals surface area contributed by atoms with E-state index in [-0.39, 0.29) is 17.8 Å². The van der Waals surface area contributed by atoms with E-state index in [1.165, 1.54) is 0 Å². The summed E-state index contributed by atoms with van der Waals surface area (Å²) >= 11 is 0. The Hall–Kier alpha value is -2.57. The van der Waals surface area contributed by atoms with Crippen molar-refractivity contribution in [1.82, 2.24) is 16.0 Å². The van der Waals surface area contributed by atoms with E-state index in [2.05, 4.69) is 20.9 Å². The molecule has 1 aromatic carbocycles. The average molecular weight is 360 g/mol. The normalized spacial score (nSPS) is 13.8. The van der Waals surface area contributed by atoms with Gasteiger partial charge in [0.05, 0.1) is 18.7 Å². The summed E-state index contributed by atoms with van der Waals surface area (Å²) in [6, 6.07) is 7.23. The third-order valence-electron chi connectivity index (χ3n) is 3.89. The summed E-state index contributed by atoms with van der Waals surface area (Å²) in [5.41, 5.74) is 1.54. The zero-order chi connectivity index (χ0) is 18.8. The molecular weight excluding hydrogens is 332 g/mol. The Kier molecular flexibility index (Phi) is 7.92. The van der Waals surface area contributed by atoms with Crippen molar-refractivity contribution in [1.29, 1.82) is 0 Å². The van der Waals surface area contributed by atoms with E-state index in [0.717, 1.165) is 24.9 Å². The second-order valence-corrected chi connectivity index (χ2v) is 6.10. The Balaban J connectivity index is 1.79. The van der Waals surface area contributed by atoms with Crippen LogP contribution in [0.4, 0.5) is 0 Å². The summed E-state index contributed by atoms with van der Waals surface area (Å²) in [7, 11) is 0. The summed E-state index contributed by atoms with van der Waals surface area (Å²) in [5.74, 6) is 0.762. The highest BCUT2D eigenvalue weighted by molar-refractivity contribution is 5.89. The first-order valence-corrected chi connectivity index (χ1v) is 9.20. The molecule has 0 radical (unpaired) electrons. The van der Waals surface area contributed by atoms with Gasteiger partial charge in [0.1, 0.15) is 0 Å². The second-order valence-electron chi connectivity index (χ2n) is 6.10. The van der Waals surface area contributed by atoms with Gasteiger partial charge >= 0.3 is 5.97 Å². The van der Waals surface area contributed by atoms with Gasteiger partial charge in [-0.05, 0) is 44.4 Å². The molecule has 1 aromatic rings. The first-order chi connectivity index (χ1) is 12.6. The summed E-state index contributed by atoms with van der Waals surface area (Å²) < 4.78 is 4.97. The number of amides is 1. The molecule has 0 atom stereocenters. The number of hydrogen-bond acceptors (Lipinski definition) is 4. The smallest absolute Gasteiger partial charge is 0.338 e. The lowest BCUT2D eigenvalue weighted by molar-refractivity contribution is -0.122. The summed E-state index contributed by atoms with van der Waals surface area (Å²) in [4.78, 5) is 27.8. The molecule has 0 aliphatic heterocycles. The Morgan fingerprint density at radius 3 is 2.38 bits per heavy atom. The zero-order valence-corrected chi connectivity index (χ0v) is 15.5. The number of hydrogen-bond donors (Lipinski definition) is 3. The van der Waals surface area contributed by atoms with Gasteiger partial charge in [-0.25, -0.2) is 9.79 Å². The number of carbonyl (C=O) groups is 2. The second kappa shape index (κ2) is 10.4. The fraction of sp³-hybridized carbons (Fsp3) is 0.526. The molecule has 0 saturated heterocycles. The predicted octanol–water partition coefficient (Wildman–Crippen LogP) is 1.44. The minimum Gasteiger partial charge on any atom is -0.462 e. The van der Waals surface area contributed by atoms with Crippen LogP contribution in [0.25, 0.3) is 0 Å². The van der Waals surface area contributed by atoms with Crippen molar-refractivity contribution in [3.63, 3.8) is 0 Å². The Morgan fingerprint density at radius 1 is 1.08 bits per heavy atom. The highest BCUT2D eigenvalue weighted by Gasteiger charge is 2.28. The van der Waals surface area contributed by atoms with Crippen LogP contribution in [-0.2, 0) is 16.1 Å². The molecular formula is C19H28N4O3. The lowest BCUT2D eigenvalue weighted by Crippen LogP contribution is -2.41. The zero-order valence-electron chi connectivity index (χ0n) is 15.5. The summed E-state index contributed by atoms with van der Waals surface area (Å²) in [6.07, 6.45) is 2.02.